The molecule has 11 aromatic rings. The van der Waals surface area contributed by atoms with Gasteiger partial charge in [0.25, 0.3) is 0 Å². The van der Waals surface area contributed by atoms with Crippen molar-refractivity contribution in [3.8, 4) is 44.5 Å². The first-order valence-corrected chi connectivity index (χ1v) is 18.3. The van der Waals surface area contributed by atoms with E-state index in [4.69, 9.17) is 4.42 Å². The molecule has 0 N–H and O–H groups in total. The molecule has 246 valence electrons. The monoisotopic (exact) mass is 672 g/mol. The maximum Gasteiger partial charge on any atom is 0.143 e. The van der Waals surface area contributed by atoms with Crippen LogP contribution in [0.15, 0.2) is 199 Å². The fraction of sp³-hybridized carbons (Fsp3) is 0. The molecule has 0 aliphatic heterocycles. The Morgan fingerprint density at radius 1 is 0.245 bits per heavy atom. The van der Waals surface area contributed by atoms with Crippen molar-refractivity contribution in [3.63, 3.8) is 0 Å². The molecule has 0 bridgehead atoms. The summed E-state index contributed by atoms with van der Waals surface area (Å²) in [6.07, 6.45) is 0. The molecule has 0 amide bonds. The highest BCUT2D eigenvalue weighted by molar-refractivity contribution is 6.23. The average Bonchev–Trinajstić information content (AvgIpc) is 3.59. The molecule has 1 heteroatoms. The number of furan rings is 1. The van der Waals surface area contributed by atoms with E-state index in [0.717, 1.165) is 33.1 Å². The van der Waals surface area contributed by atoms with Crippen LogP contribution in [0.25, 0.3) is 110 Å². The van der Waals surface area contributed by atoms with Crippen molar-refractivity contribution < 1.29 is 4.42 Å². The van der Waals surface area contributed by atoms with Crippen LogP contribution in [0.5, 0.6) is 0 Å². The summed E-state index contributed by atoms with van der Waals surface area (Å²) in [5.74, 6) is 0. The Morgan fingerprint density at radius 3 is 1.42 bits per heavy atom. The molecule has 10 aromatic carbocycles. The Morgan fingerprint density at radius 2 is 0.736 bits per heavy atom. The van der Waals surface area contributed by atoms with Crippen molar-refractivity contribution in [2.75, 3.05) is 0 Å². The third-order valence-corrected chi connectivity index (χ3v) is 11.0. The predicted octanol–water partition coefficient (Wildman–Crippen LogP) is 14.9. The number of benzene rings is 10. The first-order valence-electron chi connectivity index (χ1n) is 18.3. The number of fused-ring (bicyclic) bond motifs is 7. The Hall–Kier alpha value is -6.96. The van der Waals surface area contributed by atoms with Gasteiger partial charge in [-0.25, -0.2) is 0 Å². The topological polar surface area (TPSA) is 13.1 Å². The van der Waals surface area contributed by atoms with E-state index in [1.807, 2.05) is 0 Å². The van der Waals surface area contributed by atoms with Crippen LogP contribution in [-0.2, 0) is 0 Å². The van der Waals surface area contributed by atoms with Gasteiger partial charge in [0.05, 0.1) is 0 Å². The van der Waals surface area contributed by atoms with E-state index in [2.05, 4.69) is 194 Å². The molecule has 11 rings (SSSR count). The summed E-state index contributed by atoms with van der Waals surface area (Å²) < 4.78 is 6.84. The molecule has 0 aliphatic rings. The van der Waals surface area contributed by atoms with Crippen LogP contribution in [0.2, 0.25) is 0 Å². The molecule has 0 fully saturated rings. The van der Waals surface area contributed by atoms with Gasteiger partial charge in [-0.15, -0.1) is 0 Å². The highest BCUT2D eigenvalue weighted by atomic mass is 16.3. The molecule has 0 saturated carbocycles. The van der Waals surface area contributed by atoms with Crippen molar-refractivity contribution in [2.45, 2.75) is 0 Å². The van der Waals surface area contributed by atoms with Crippen LogP contribution in [0.1, 0.15) is 0 Å². The molecule has 1 heterocycles. The highest BCUT2D eigenvalue weighted by Gasteiger charge is 2.20. The van der Waals surface area contributed by atoms with Crippen LogP contribution >= 0.6 is 0 Å². The minimum Gasteiger partial charge on any atom is -0.455 e. The maximum absolute atomic E-state index is 6.84. The standard InChI is InChI=1S/C52H32O/c1-2-12-33(13-3-1)35-22-25-36(26-23-35)51-41-17-7-6-16-38(41)31-47-46-32-40(28-29-48(46)53-52(47)51)50-44-20-10-8-18-42(44)49(43-19-9-11-21-45(43)50)39-27-24-34-14-4-5-15-37(34)30-39/h1-32H. The second-order valence-corrected chi connectivity index (χ2v) is 14.0. The van der Waals surface area contributed by atoms with Crippen LogP contribution in [-0.4, -0.2) is 0 Å². The van der Waals surface area contributed by atoms with Gasteiger partial charge in [-0.2, -0.15) is 0 Å². The zero-order chi connectivity index (χ0) is 34.9. The third kappa shape index (κ3) is 4.71. The molecule has 1 nitrogen and oxygen atoms in total. The van der Waals surface area contributed by atoms with E-state index in [-0.39, 0.29) is 0 Å². The molecular weight excluding hydrogens is 641 g/mol. The Labute approximate surface area is 307 Å². The maximum atomic E-state index is 6.84. The van der Waals surface area contributed by atoms with Crippen LogP contribution < -0.4 is 0 Å². The first kappa shape index (κ1) is 29.7. The molecule has 0 spiro atoms. The Kier molecular flexibility index (Phi) is 6.62. The minimum absolute atomic E-state index is 0.891. The van der Waals surface area contributed by atoms with Crippen molar-refractivity contribution in [1.82, 2.24) is 0 Å². The van der Waals surface area contributed by atoms with Gasteiger partial charge in [-0.3, -0.25) is 0 Å². The summed E-state index contributed by atoms with van der Waals surface area (Å²) in [5, 5.41) is 12.1. The summed E-state index contributed by atoms with van der Waals surface area (Å²) in [6, 6.07) is 70.4. The van der Waals surface area contributed by atoms with E-state index in [0.29, 0.717) is 0 Å². The van der Waals surface area contributed by atoms with Gasteiger partial charge in [0.2, 0.25) is 0 Å². The van der Waals surface area contributed by atoms with Gasteiger partial charge < -0.3 is 4.42 Å². The summed E-state index contributed by atoms with van der Waals surface area (Å²) in [5.41, 5.74) is 11.4. The summed E-state index contributed by atoms with van der Waals surface area (Å²) in [6.45, 7) is 0. The molecule has 0 saturated heterocycles. The highest BCUT2D eigenvalue weighted by Crippen LogP contribution is 2.47. The van der Waals surface area contributed by atoms with E-state index in [9.17, 15) is 0 Å². The van der Waals surface area contributed by atoms with Gasteiger partial charge in [0.15, 0.2) is 0 Å². The molecule has 1 aromatic heterocycles. The van der Waals surface area contributed by atoms with Crippen molar-refractivity contribution in [1.29, 1.82) is 0 Å². The van der Waals surface area contributed by atoms with Gasteiger partial charge in [-0.1, -0.05) is 170 Å². The lowest BCUT2D eigenvalue weighted by molar-refractivity contribution is 0.670. The molecule has 0 radical (unpaired) electrons. The van der Waals surface area contributed by atoms with Gasteiger partial charge in [0.1, 0.15) is 11.2 Å². The molecule has 0 unspecified atom stereocenters. The van der Waals surface area contributed by atoms with Crippen LogP contribution in [0.4, 0.5) is 0 Å². The minimum atomic E-state index is 0.891. The number of hydrogen-bond donors (Lipinski definition) is 0. The second kappa shape index (κ2) is 11.8. The number of hydrogen-bond acceptors (Lipinski definition) is 1. The SMILES string of the molecule is c1ccc(-c2ccc(-c3c4ccccc4cc4c3oc3ccc(-c5c6ccccc6c(-c6ccc7ccccc7c6)c6ccccc56)cc34)cc2)cc1. The average molecular weight is 673 g/mol. The molecular formula is C52H32O. The van der Waals surface area contributed by atoms with Crippen molar-refractivity contribution in [2.24, 2.45) is 0 Å². The van der Waals surface area contributed by atoms with Gasteiger partial charge in [0, 0.05) is 16.3 Å². The van der Waals surface area contributed by atoms with E-state index >= 15 is 0 Å². The van der Waals surface area contributed by atoms with Crippen LogP contribution in [0.3, 0.4) is 0 Å². The van der Waals surface area contributed by atoms with E-state index in [1.165, 1.54) is 76.5 Å². The zero-order valence-corrected chi connectivity index (χ0v) is 28.9. The second-order valence-electron chi connectivity index (χ2n) is 14.0. The smallest absolute Gasteiger partial charge is 0.143 e. The van der Waals surface area contributed by atoms with E-state index in [1.54, 1.807) is 0 Å². The fourth-order valence-electron chi connectivity index (χ4n) is 8.57. The first-order chi connectivity index (χ1) is 26.3. The lowest BCUT2D eigenvalue weighted by Gasteiger charge is -2.18. The quantitative estimate of drug-likeness (QED) is 0.170. The molecule has 0 aliphatic carbocycles. The lowest BCUT2D eigenvalue weighted by atomic mass is 9.85. The van der Waals surface area contributed by atoms with Crippen molar-refractivity contribution in [3.05, 3.63) is 194 Å². The molecule has 0 atom stereocenters. The predicted molar refractivity (Wildman–Crippen MR) is 225 cm³/mol. The lowest BCUT2D eigenvalue weighted by Crippen LogP contribution is -1.91. The summed E-state index contributed by atoms with van der Waals surface area (Å²) in [4.78, 5) is 0. The zero-order valence-electron chi connectivity index (χ0n) is 28.9. The van der Waals surface area contributed by atoms with Crippen LogP contribution in [0, 0.1) is 0 Å². The Balaban J connectivity index is 1.15. The fourth-order valence-corrected chi connectivity index (χ4v) is 8.57. The molecule has 53 heavy (non-hydrogen) atoms. The van der Waals surface area contributed by atoms with Gasteiger partial charge in [-0.05, 0) is 106 Å². The normalized spacial score (nSPS) is 11.8. The number of rotatable bonds is 4. The Bertz CT molecular complexity index is 3150. The van der Waals surface area contributed by atoms with Gasteiger partial charge >= 0.3 is 0 Å². The summed E-state index contributed by atoms with van der Waals surface area (Å²) in [7, 11) is 0. The summed E-state index contributed by atoms with van der Waals surface area (Å²) >= 11 is 0. The van der Waals surface area contributed by atoms with E-state index < -0.39 is 0 Å². The largest absolute Gasteiger partial charge is 0.455 e. The third-order valence-electron chi connectivity index (χ3n) is 11.0. The van der Waals surface area contributed by atoms with Crippen molar-refractivity contribution >= 4 is 65.0 Å².